The summed E-state index contributed by atoms with van der Waals surface area (Å²) in [5, 5.41) is 7.57. The molecule has 0 saturated heterocycles. The van der Waals surface area contributed by atoms with E-state index in [0.29, 0.717) is 0 Å². The molecule has 0 radical (unpaired) electrons. The number of nitrogens with zero attached hydrogens (tertiary/aromatic N) is 4. The highest BCUT2D eigenvalue weighted by Crippen LogP contribution is 2.20. The lowest BCUT2D eigenvalue weighted by atomic mass is 10.4. The van der Waals surface area contributed by atoms with E-state index in [2.05, 4.69) is 15.3 Å². The van der Waals surface area contributed by atoms with Crippen molar-refractivity contribution in [3.8, 4) is 0 Å². The van der Waals surface area contributed by atoms with Crippen LogP contribution in [0.25, 0.3) is 0 Å². The van der Waals surface area contributed by atoms with Gasteiger partial charge in [-0.2, -0.15) is 4.09 Å². The molecule has 13 heavy (non-hydrogen) atoms. The van der Waals surface area contributed by atoms with Crippen LogP contribution in [0.4, 0.5) is 0 Å². The van der Waals surface area contributed by atoms with Gasteiger partial charge in [0.15, 0.2) is 0 Å². The summed E-state index contributed by atoms with van der Waals surface area (Å²) in [4.78, 5) is 5.27. The van der Waals surface area contributed by atoms with E-state index in [4.69, 9.17) is 0 Å². The molecule has 0 aromatic carbocycles. The highest BCUT2D eigenvalue weighted by atomic mass is 32.2. The zero-order valence-corrected chi connectivity index (χ0v) is 7.90. The second-order valence-corrected chi connectivity index (χ2v) is 3.48. The third-order valence-corrected chi connectivity index (χ3v) is 2.56. The Labute approximate surface area is 80.1 Å². The van der Waals surface area contributed by atoms with Gasteiger partial charge in [0, 0.05) is 18.1 Å². The topological polar surface area (TPSA) is 43.6 Å². The summed E-state index contributed by atoms with van der Waals surface area (Å²) in [5.41, 5.74) is 1.00. The molecular weight excluding hydrogens is 184 g/mol. The van der Waals surface area contributed by atoms with Crippen LogP contribution in [0, 0.1) is 6.92 Å². The van der Waals surface area contributed by atoms with Crippen molar-refractivity contribution >= 4 is 11.9 Å². The molecule has 2 aromatic heterocycles. The second kappa shape index (κ2) is 3.57. The molecule has 4 nitrogen and oxygen atoms in total. The summed E-state index contributed by atoms with van der Waals surface area (Å²) in [6.07, 6.45) is 5.23. The van der Waals surface area contributed by atoms with Gasteiger partial charge in [-0.3, -0.25) is 4.98 Å². The maximum Gasteiger partial charge on any atom is 0.0704 e. The van der Waals surface area contributed by atoms with Crippen molar-refractivity contribution < 1.29 is 0 Å². The number of pyridine rings is 1. The molecule has 0 N–H and O–H groups in total. The lowest BCUT2D eigenvalue weighted by Crippen LogP contribution is -1.90. The Morgan fingerprint density at radius 1 is 1.38 bits per heavy atom. The van der Waals surface area contributed by atoms with Crippen LogP contribution in [-0.2, 0) is 0 Å². The minimum Gasteiger partial charge on any atom is -0.260 e. The zero-order chi connectivity index (χ0) is 9.10. The largest absolute Gasteiger partial charge is 0.260 e. The van der Waals surface area contributed by atoms with Crippen molar-refractivity contribution in [3.05, 3.63) is 36.4 Å². The van der Waals surface area contributed by atoms with Gasteiger partial charge in [-0.05, 0) is 19.1 Å². The van der Waals surface area contributed by atoms with Crippen LogP contribution in [0.2, 0.25) is 0 Å². The molecule has 2 aromatic rings. The number of aryl methyl sites for hydroxylation is 1. The first kappa shape index (κ1) is 8.25. The molecule has 66 valence electrons. The van der Waals surface area contributed by atoms with Gasteiger partial charge in [-0.1, -0.05) is 5.21 Å². The Bertz CT molecular complexity index is 385. The Kier molecular flexibility index (Phi) is 2.27. The molecule has 2 heterocycles. The Balaban J connectivity index is 2.24. The molecule has 0 aliphatic carbocycles. The maximum atomic E-state index is 4.18. The normalized spacial score (nSPS) is 10.2. The Hall–Kier alpha value is -1.36. The van der Waals surface area contributed by atoms with Crippen LogP contribution in [0.15, 0.2) is 35.6 Å². The number of hydrogen-bond donors (Lipinski definition) is 0. The quantitative estimate of drug-likeness (QED) is 0.724. The summed E-state index contributed by atoms with van der Waals surface area (Å²) < 4.78 is 1.70. The van der Waals surface area contributed by atoms with Crippen LogP contribution in [-0.4, -0.2) is 19.4 Å². The molecule has 0 amide bonds. The van der Waals surface area contributed by atoms with E-state index in [1.165, 1.54) is 11.9 Å². The molecule has 0 fully saturated rings. The van der Waals surface area contributed by atoms with Crippen molar-refractivity contribution in [1.29, 1.82) is 0 Å². The van der Waals surface area contributed by atoms with Crippen LogP contribution in [0.5, 0.6) is 0 Å². The molecular formula is C8H8N4S. The molecule has 0 aliphatic rings. The molecule has 0 saturated carbocycles. The summed E-state index contributed by atoms with van der Waals surface area (Å²) in [6.45, 7) is 1.97. The van der Waals surface area contributed by atoms with Gasteiger partial charge < -0.3 is 0 Å². The average molecular weight is 192 g/mol. The Morgan fingerprint density at radius 2 is 2.31 bits per heavy atom. The van der Waals surface area contributed by atoms with Gasteiger partial charge in [0.05, 0.1) is 23.0 Å². The van der Waals surface area contributed by atoms with Crippen molar-refractivity contribution in [2.24, 2.45) is 0 Å². The molecule has 5 heteroatoms. The van der Waals surface area contributed by atoms with E-state index in [-0.39, 0.29) is 0 Å². The van der Waals surface area contributed by atoms with Gasteiger partial charge in [-0.15, -0.1) is 5.10 Å². The zero-order valence-electron chi connectivity index (χ0n) is 7.08. The molecule has 0 bridgehead atoms. The summed E-state index contributed by atoms with van der Waals surface area (Å²) in [6, 6.07) is 3.92. The molecule has 0 unspecified atom stereocenters. The third kappa shape index (κ3) is 1.86. The predicted molar refractivity (Wildman–Crippen MR) is 50.3 cm³/mol. The van der Waals surface area contributed by atoms with Crippen molar-refractivity contribution in [3.63, 3.8) is 0 Å². The van der Waals surface area contributed by atoms with Gasteiger partial charge in [0.2, 0.25) is 0 Å². The van der Waals surface area contributed by atoms with Crippen molar-refractivity contribution in [2.75, 3.05) is 0 Å². The second-order valence-electron chi connectivity index (χ2n) is 2.48. The SMILES string of the molecule is Cc1ncccc1Sn1ccnn1. The molecule has 0 atom stereocenters. The highest BCUT2D eigenvalue weighted by molar-refractivity contribution is 7.97. The van der Waals surface area contributed by atoms with Crippen LogP contribution in [0.1, 0.15) is 5.69 Å². The first-order valence-electron chi connectivity index (χ1n) is 3.82. The third-order valence-electron chi connectivity index (χ3n) is 1.55. The van der Waals surface area contributed by atoms with Gasteiger partial charge in [-0.25, -0.2) is 0 Å². The number of rotatable bonds is 2. The fraction of sp³-hybridized carbons (Fsp3) is 0.125. The van der Waals surface area contributed by atoms with Crippen LogP contribution in [0.3, 0.4) is 0 Å². The smallest absolute Gasteiger partial charge is 0.0704 e. The minimum absolute atomic E-state index is 1.00. The number of aromatic nitrogens is 4. The molecule has 2 rings (SSSR count). The van der Waals surface area contributed by atoms with Crippen molar-refractivity contribution in [2.45, 2.75) is 11.8 Å². The van der Waals surface area contributed by atoms with E-state index in [9.17, 15) is 0 Å². The summed E-state index contributed by atoms with van der Waals surface area (Å²) in [7, 11) is 0. The number of hydrogen-bond acceptors (Lipinski definition) is 4. The van der Waals surface area contributed by atoms with Gasteiger partial charge in [0.1, 0.15) is 0 Å². The van der Waals surface area contributed by atoms with Crippen molar-refractivity contribution in [1.82, 2.24) is 19.4 Å². The maximum absolute atomic E-state index is 4.18. The average Bonchev–Trinajstić information content (AvgIpc) is 2.61. The summed E-state index contributed by atoms with van der Waals surface area (Å²) in [5.74, 6) is 0. The van der Waals surface area contributed by atoms with E-state index in [1.54, 1.807) is 22.7 Å². The van der Waals surface area contributed by atoms with E-state index >= 15 is 0 Å². The minimum atomic E-state index is 1.00. The fourth-order valence-electron chi connectivity index (χ4n) is 0.913. The Morgan fingerprint density at radius 3 is 3.00 bits per heavy atom. The monoisotopic (exact) mass is 192 g/mol. The lowest BCUT2D eigenvalue weighted by molar-refractivity contribution is 0.887. The molecule has 0 spiro atoms. The predicted octanol–water partition coefficient (Wildman–Crippen LogP) is 1.54. The lowest BCUT2D eigenvalue weighted by Gasteiger charge is -2.01. The van der Waals surface area contributed by atoms with E-state index in [0.717, 1.165) is 10.6 Å². The first-order chi connectivity index (χ1) is 6.36. The van der Waals surface area contributed by atoms with Crippen LogP contribution < -0.4 is 0 Å². The van der Waals surface area contributed by atoms with Crippen LogP contribution >= 0.6 is 11.9 Å². The van der Waals surface area contributed by atoms with E-state index < -0.39 is 0 Å². The highest BCUT2D eigenvalue weighted by Gasteiger charge is 2.00. The molecule has 0 aliphatic heterocycles. The summed E-state index contributed by atoms with van der Waals surface area (Å²) >= 11 is 1.50. The standard InChI is InChI=1S/C8H8N4S/c1-7-8(3-2-4-9-7)13-12-6-5-10-11-12/h2-6H,1H3. The fourth-order valence-corrected chi connectivity index (χ4v) is 1.63. The van der Waals surface area contributed by atoms with Gasteiger partial charge >= 0.3 is 0 Å². The first-order valence-corrected chi connectivity index (χ1v) is 4.60. The van der Waals surface area contributed by atoms with E-state index in [1.807, 2.05) is 19.1 Å². The van der Waals surface area contributed by atoms with Gasteiger partial charge in [0.25, 0.3) is 0 Å².